The Labute approximate surface area is 156 Å². The van der Waals surface area contributed by atoms with Crippen molar-refractivity contribution in [3.63, 3.8) is 0 Å². The number of carbonyl (C=O) groups is 4. The van der Waals surface area contributed by atoms with Crippen molar-refractivity contribution in [3.05, 3.63) is 53.1 Å². The molecule has 2 saturated heterocycles. The Balaban J connectivity index is 1.69. The van der Waals surface area contributed by atoms with Crippen LogP contribution in [0, 0.1) is 26.2 Å². The SMILES string of the molecule is Cc1ccc(-c2ccc(N3C(=O)C4(C(=O)N(C)C4=O)C3=O)cc2C)c(C)c1. The number of benzene rings is 2. The predicted molar refractivity (Wildman–Crippen MR) is 98.8 cm³/mol. The fourth-order valence-electron chi connectivity index (χ4n) is 3.91. The molecule has 1 spiro atoms. The van der Waals surface area contributed by atoms with Crippen molar-refractivity contribution in [2.75, 3.05) is 11.9 Å². The lowest BCUT2D eigenvalue weighted by Gasteiger charge is -2.51. The Kier molecular flexibility index (Phi) is 3.40. The monoisotopic (exact) mass is 362 g/mol. The molecule has 2 fully saturated rings. The number of likely N-dealkylation sites (tertiary alicyclic amines) is 1. The minimum Gasteiger partial charge on any atom is -0.282 e. The van der Waals surface area contributed by atoms with Gasteiger partial charge in [-0.15, -0.1) is 0 Å². The molecule has 4 rings (SSSR count). The van der Waals surface area contributed by atoms with Gasteiger partial charge in [-0.3, -0.25) is 24.1 Å². The second-order valence-corrected chi connectivity index (χ2v) is 7.18. The van der Waals surface area contributed by atoms with E-state index in [-0.39, 0.29) is 0 Å². The van der Waals surface area contributed by atoms with E-state index in [9.17, 15) is 19.2 Å². The third-order valence-electron chi connectivity index (χ3n) is 5.44. The minimum absolute atomic E-state index is 0.372. The zero-order valence-electron chi connectivity index (χ0n) is 15.5. The maximum absolute atomic E-state index is 12.5. The van der Waals surface area contributed by atoms with Crippen LogP contribution in [-0.2, 0) is 19.2 Å². The maximum Gasteiger partial charge on any atom is 0.285 e. The summed E-state index contributed by atoms with van der Waals surface area (Å²) in [5.41, 5.74) is 3.52. The summed E-state index contributed by atoms with van der Waals surface area (Å²) in [5.74, 6) is -3.02. The van der Waals surface area contributed by atoms with Crippen molar-refractivity contribution in [2.24, 2.45) is 5.41 Å². The van der Waals surface area contributed by atoms with Gasteiger partial charge in [0.25, 0.3) is 29.0 Å². The van der Waals surface area contributed by atoms with Crippen LogP contribution in [0.25, 0.3) is 11.1 Å². The van der Waals surface area contributed by atoms with Crippen molar-refractivity contribution in [3.8, 4) is 11.1 Å². The number of carbonyl (C=O) groups excluding carboxylic acids is 4. The van der Waals surface area contributed by atoms with E-state index < -0.39 is 29.0 Å². The molecular weight excluding hydrogens is 344 g/mol. The largest absolute Gasteiger partial charge is 0.285 e. The molecule has 2 aromatic rings. The fraction of sp³-hybridized carbons (Fsp3) is 0.238. The highest BCUT2D eigenvalue weighted by Crippen LogP contribution is 2.46. The normalized spacial score (nSPS) is 18.1. The van der Waals surface area contributed by atoms with Crippen molar-refractivity contribution in [2.45, 2.75) is 20.8 Å². The van der Waals surface area contributed by atoms with Crippen LogP contribution in [-0.4, -0.2) is 35.6 Å². The van der Waals surface area contributed by atoms with Gasteiger partial charge in [-0.2, -0.15) is 0 Å². The number of anilines is 1. The molecule has 0 bridgehead atoms. The Morgan fingerprint density at radius 3 is 1.74 bits per heavy atom. The molecule has 0 N–H and O–H groups in total. The average Bonchev–Trinajstić information content (AvgIpc) is 2.63. The number of rotatable bonds is 2. The second kappa shape index (κ2) is 5.36. The van der Waals surface area contributed by atoms with Crippen molar-refractivity contribution >= 4 is 29.3 Å². The zero-order valence-corrected chi connectivity index (χ0v) is 15.5. The summed E-state index contributed by atoms with van der Waals surface area (Å²) in [7, 11) is 1.27. The molecule has 6 nitrogen and oxygen atoms in total. The lowest BCUT2D eigenvalue weighted by atomic mass is 9.69. The van der Waals surface area contributed by atoms with Gasteiger partial charge in [0.15, 0.2) is 0 Å². The highest BCUT2D eigenvalue weighted by molar-refractivity contribution is 6.59. The van der Waals surface area contributed by atoms with Crippen LogP contribution in [0.2, 0.25) is 0 Å². The smallest absolute Gasteiger partial charge is 0.282 e. The lowest BCUT2D eigenvalue weighted by Crippen LogP contribution is -2.83. The van der Waals surface area contributed by atoms with Gasteiger partial charge >= 0.3 is 0 Å². The van der Waals surface area contributed by atoms with E-state index in [1.54, 1.807) is 12.1 Å². The Morgan fingerprint density at radius 1 is 0.704 bits per heavy atom. The van der Waals surface area contributed by atoms with Gasteiger partial charge in [0.1, 0.15) is 0 Å². The van der Waals surface area contributed by atoms with Gasteiger partial charge in [0, 0.05) is 7.05 Å². The summed E-state index contributed by atoms with van der Waals surface area (Å²) in [6.07, 6.45) is 0. The lowest BCUT2D eigenvalue weighted by molar-refractivity contribution is -0.184. The van der Waals surface area contributed by atoms with Gasteiger partial charge in [-0.1, -0.05) is 29.8 Å². The first-order chi connectivity index (χ1) is 12.7. The van der Waals surface area contributed by atoms with Crippen LogP contribution in [0.1, 0.15) is 16.7 Å². The van der Waals surface area contributed by atoms with Crippen molar-refractivity contribution in [1.82, 2.24) is 4.90 Å². The topological polar surface area (TPSA) is 74.8 Å². The molecule has 2 aliphatic rings. The quantitative estimate of drug-likeness (QED) is 0.606. The first-order valence-corrected chi connectivity index (χ1v) is 8.61. The second-order valence-electron chi connectivity index (χ2n) is 7.18. The molecule has 6 heteroatoms. The molecule has 0 aromatic heterocycles. The summed E-state index contributed by atoms with van der Waals surface area (Å²) < 4.78 is 0. The summed E-state index contributed by atoms with van der Waals surface area (Å²) in [4.78, 5) is 50.8. The number of β-lactam (4-membered cyclic amide) rings is 4. The summed E-state index contributed by atoms with van der Waals surface area (Å²) in [6.45, 7) is 5.96. The molecule has 2 heterocycles. The van der Waals surface area contributed by atoms with Crippen LogP contribution < -0.4 is 4.90 Å². The van der Waals surface area contributed by atoms with Gasteiger partial charge < -0.3 is 0 Å². The van der Waals surface area contributed by atoms with Gasteiger partial charge in [0.2, 0.25) is 0 Å². The molecule has 0 atom stereocenters. The van der Waals surface area contributed by atoms with Crippen LogP contribution in [0.3, 0.4) is 0 Å². The molecule has 27 heavy (non-hydrogen) atoms. The van der Waals surface area contributed by atoms with Crippen LogP contribution in [0.4, 0.5) is 5.69 Å². The van der Waals surface area contributed by atoms with Gasteiger partial charge in [-0.25, -0.2) is 4.90 Å². The number of hydrogen-bond acceptors (Lipinski definition) is 4. The average molecular weight is 362 g/mol. The number of amides is 4. The first kappa shape index (κ1) is 17.1. The Bertz CT molecular complexity index is 1040. The van der Waals surface area contributed by atoms with Crippen molar-refractivity contribution in [1.29, 1.82) is 0 Å². The number of hydrogen-bond donors (Lipinski definition) is 0. The Hall–Kier alpha value is -3.28. The molecule has 0 saturated carbocycles. The van der Waals surface area contributed by atoms with E-state index in [1.807, 2.05) is 39.0 Å². The molecule has 0 radical (unpaired) electrons. The number of nitrogens with zero attached hydrogens (tertiary/aromatic N) is 2. The third kappa shape index (κ3) is 1.95. The molecular formula is C21H18N2O4. The van der Waals surface area contributed by atoms with E-state index in [1.165, 1.54) is 12.6 Å². The van der Waals surface area contributed by atoms with E-state index in [2.05, 4.69) is 6.07 Å². The van der Waals surface area contributed by atoms with Gasteiger partial charge in [0.05, 0.1) is 5.69 Å². The van der Waals surface area contributed by atoms with Crippen LogP contribution in [0.5, 0.6) is 0 Å². The standard InChI is InChI=1S/C21H18N2O4/c1-11-5-7-15(12(2)9-11)16-8-6-14(10-13(16)3)23-19(26)21(20(23)27)17(24)22(4)18(21)25/h5-10H,1-4H3. The van der Waals surface area contributed by atoms with E-state index >= 15 is 0 Å². The molecule has 2 aromatic carbocycles. The Morgan fingerprint density at radius 2 is 1.22 bits per heavy atom. The molecule has 4 amide bonds. The van der Waals surface area contributed by atoms with E-state index in [0.29, 0.717) is 5.69 Å². The van der Waals surface area contributed by atoms with Crippen LogP contribution >= 0.6 is 0 Å². The first-order valence-electron chi connectivity index (χ1n) is 8.61. The van der Waals surface area contributed by atoms with Gasteiger partial charge in [-0.05, 0) is 55.2 Å². The summed E-state index contributed by atoms with van der Waals surface area (Å²) in [6, 6.07) is 11.4. The fourth-order valence-corrected chi connectivity index (χ4v) is 3.91. The minimum atomic E-state index is -2.13. The van der Waals surface area contributed by atoms with E-state index in [0.717, 1.165) is 32.1 Å². The van der Waals surface area contributed by atoms with Crippen molar-refractivity contribution < 1.29 is 19.2 Å². The third-order valence-corrected chi connectivity index (χ3v) is 5.44. The summed E-state index contributed by atoms with van der Waals surface area (Å²) >= 11 is 0. The summed E-state index contributed by atoms with van der Waals surface area (Å²) in [5, 5.41) is 0. The highest BCUT2D eigenvalue weighted by Gasteiger charge is 2.79. The zero-order chi connectivity index (χ0) is 19.7. The molecule has 136 valence electrons. The van der Waals surface area contributed by atoms with E-state index in [4.69, 9.17) is 0 Å². The van der Waals surface area contributed by atoms with Crippen LogP contribution in [0.15, 0.2) is 36.4 Å². The predicted octanol–water partition coefficient (Wildman–Crippen LogP) is 2.14. The maximum atomic E-state index is 12.5. The molecule has 0 aliphatic carbocycles. The highest BCUT2D eigenvalue weighted by atomic mass is 16.2. The number of aryl methyl sites for hydroxylation is 3. The molecule has 2 aliphatic heterocycles. The number of imide groups is 2. The molecule has 0 unspecified atom stereocenters.